The minimum atomic E-state index is -3.71. The molecule has 0 saturated carbocycles. The Kier molecular flexibility index (Phi) is 4.46. The molecule has 1 unspecified atom stereocenters. The van der Waals surface area contributed by atoms with E-state index in [-0.39, 0.29) is 15.9 Å². The number of rotatable bonds is 3. The maximum atomic E-state index is 12.8. The van der Waals surface area contributed by atoms with Crippen molar-refractivity contribution in [3.8, 4) is 0 Å². The number of likely N-dealkylation sites (tertiary alicyclic amines) is 1. The predicted molar refractivity (Wildman–Crippen MR) is 83.9 cm³/mol. The molecule has 0 aliphatic carbocycles. The molecule has 0 radical (unpaired) electrons. The van der Waals surface area contributed by atoms with Gasteiger partial charge in [0.1, 0.15) is 0 Å². The van der Waals surface area contributed by atoms with Gasteiger partial charge in [-0.3, -0.25) is 0 Å². The quantitative estimate of drug-likeness (QED) is 0.847. The molecule has 2 aliphatic heterocycles. The van der Waals surface area contributed by atoms with Crippen LogP contribution in [-0.4, -0.2) is 50.8 Å². The van der Waals surface area contributed by atoms with Crippen molar-refractivity contribution in [2.24, 2.45) is 5.41 Å². The maximum absolute atomic E-state index is 12.8. The van der Waals surface area contributed by atoms with Crippen molar-refractivity contribution in [2.45, 2.75) is 30.6 Å². The topological polar surface area (TPSA) is 40.6 Å². The fourth-order valence-corrected chi connectivity index (χ4v) is 5.46. The van der Waals surface area contributed by atoms with Crippen molar-refractivity contribution < 1.29 is 17.2 Å². The van der Waals surface area contributed by atoms with Crippen LogP contribution in [0.2, 0.25) is 0 Å². The lowest BCUT2D eigenvalue weighted by molar-refractivity contribution is 0.121. The van der Waals surface area contributed by atoms with Gasteiger partial charge in [0, 0.05) is 25.2 Å². The van der Waals surface area contributed by atoms with Gasteiger partial charge in [0.25, 0.3) is 6.43 Å². The first-order valence-corrected chi connectivity index (χ1v) is 9.33. The van der Waals surface area contributed by atoms with E-state index in [0.29, 0.717) is 13.1 Å². The Balaban J connectivity index is 1.82. The highest BCUT2D eigenvalue weighted by Crippen LogP contribution is 2.40. The van der Waals surface area contributed by atoms with Crippen LogP contribution >= 0.6 is 0 Å². The molecule has 1 spiro atoms. The van der Waals surface area contributed by atoms with Crippen LogP contribution in [0.5, 0.6) is 0 Å². The summed E-state index contributed by atoms with van der Waals surface area (Å²) in [5, 5.41) is 0. The summed E-state index contributed by atoms with van der Waals surface area (Å²) in [7, 11) is -1.65. The fraction of sp³-hybridized carbons (Fsp3) is 0.625. The number of sulfonamides is 1. The van der Waals surface area contributed by atoms with Crippen LogP contribution in [0.25, 0.3) is 0 Å². The molecule has 2 aliphatic rings. The first kappa shape index (κ1) is 16.8. The van der Waals surface area contributed by atoms with Gasteiger partial charge >= 0.3 is 0 Å². The Hall–Kier alpha value is -1.05. The van der Waals surface area contributed by atoms with Crippen molar-refractivity contribution in [1.29, 1.82) is 0 Å². The minimum absolute atomic E-state index is 0.0143. The van der Waals surface area contributed by atoms with Crippen LogP contribution in [0.15, 0.2) is 29.2 Å². The highest BCUT2D eigenvalue weighted by Gasteiger charge is 2.44. The largest absolute Gasteiger partial charge is 0.306 e. The van der Waals surface area contributed by atoms with Gasteiger partial charge in [-0.2, -0.15) is 4.31 Å². The molecule has 7 heteroatoms. The van der Waals surface area contributed by atoms with Crippen molar-refractivity contribution in [3.05, 3.63) is 29.8 Å². The summed E-state index contributed by atoms with van der Waals surface area (Å²) in [6.07, 6.45) is 0.277. The molecule has 1 aromatic carbocycles. The van der Waals surface area contributed by atoms with E-state index in [0.717, 1.165) is 38.4 Å². The van der Waals surface area contributed by atoms with Gasteiger partial charge in [-0.05, 0) is 50.4 Å². The zero-order valence-electron chi connectivity index (χ0n) is 13.2. The third-order valence-corrected chi connectivity index (χ3v) is 6.84. The molecular formula is C16H22F2N2O2S. The smallest absolute Gasteiger partial charge is 0.263 e. The SMILES string of the molecule is CN1CCCC2(CCN(S(=O)(=O)c3cccc(C(F)F)c3)C2)C1. The van der Waals surface area contributed by atoms with E-state index < -0.39 is 16.4 Å². The molecule has 0 aromatic heterocycles. The first-order chi connectivity index (χ1) is 10.8. The minimum Gasteiger partial charge on any atom is -0.306 e. The van der Waals surface area contributed by atoms with Crippen LogP contribution in [0.3, 0.4) is 0 Å². The molecule has 128 valence electrons. The van der Waals surface area contributed by atoms with Crippen molar-refractivity contribution in [1.82, 2.24) is 9.21 Å². The predicted octanol–water partition coefficient (Wildman–Crippen LogP) is 2.73. The summed E-state index contributed by atoms with van der Waals surface area (Å²) in [6.45, 7) is 2.90. The van der Waals surface area contributed by atoms with E-state index in [1.165, 1.54) is 22.5 Å². The average Bonchev–Trinajstić information content (AvgIpc) is 2.91. The normalized spacial score (nSPS) is 27.1. The zero-order valence-corrected chi connectivity index (χ0v) is 14.0. The van der Waals surface area contributed by atoms with Gasteiger partial charge in [-0.25, -0.2) is 17.2 Å². The lowest BCUT2D eigenvalue weighted by Crippen LogP contribution is -2.43. The Bertz CT molecular complexity index is 680. The van der Waals surface area contributed by atoms with E-state index in [4.69, 9.17) is 0 Å². The van der Waals surface area contributed by atoms with E-state index in [1.54, 1.807) is 0 Å². The average molecular weight is 344 g/mol. The van der Waals surface area contributed by atoms with Gasteiger partial charge in [-0.15, -0.1) is 0 Å². The van der Waals surface area contributed by atoms with Crippen LogP contribution in [0.4, 0.5) is 8.78 Å². The molecule has 2 fully saturated rings. The molecule has 0 N–H and O–H groups in total. The lowest BCUT2D eigenvalue weighted by Gasteiger charge is -2.38. The molecule has 0 amide bonds. The Morgan fingerprint density at radius 3 is 2.65 bits per heavy atom. The van der Waals surface area contributed by atoms with Crippen molar-refractivity contribution in [3.63, 3.8) is 0 Å². The molecule has 1 aromatic rings. The Morgan fingerprint density at radius 1 is 1.17 bits per heavy atom. The molecule has 2 heterocycles. The van der Waals surface area contributed by atoms with Crippen molar-refractivity contribution >= 4 is 10.0 Å². The van der Waals surface area contributed by atoms with Crippen molar-refractivity contribution in [2.75, 3.05) is 33.2 Å². The first-order valence-electron chi connectivity index (χ1n) is 7.89. The number of halogens is 2. The van der Waals surface area contributed by atoms with E-state index in [9.17, 15) is 17.2 Å². The summed E-state index contributed by atoms with van der Waals surface area (Å²) in [5.74, 6) is 0. The van der Waals surface area contributed by atoms with Gasteiger partial charge in [-0.1, -0.05) is 12.1 Å². The van der Waals surface area contributed by atoms with Crippen LogP contribution < -0.4 is 0 Å². The molecule has 23 heavy (non-hydrogen) atoms. The van der Waals surface area contributed by atoms with Crippen LogP contribution in [0, 0.1) is 5.41 Å². The van der Waals surface area contributed by atoms with Gasteiger partial charge < -0.3 is 4.90 Å². The second kappa shape index (κ2) is 6.11. The summed E-state index contributed by atoms with van der Waals surface area (Å²) in [4.78, 5) is 2.22. The van der Waals surface area contributed by atoms with Crippen LogP contribution in [0.1, 0.15) is 31.3 Å². The second-order valence-corrected chi connectivity index (χ2v) is 8.74. The van der Waals surface area contributed by atoms with E-state index >= 15 is 0 Å². The number of piperidine rings is 1. The lowest BCUT2D eigenvalue weighted by atomic mass is 9.79. The van der Waals surface area contributed by atoms with E-state index in [1.807, 2.05) is 0 Å². The number of hydrogen-bond donors (Lipinski definition) is 0. The molecule has 2 saturated heterocycles. The monoisotopic (exact) mass is 344 g/mol. The summed E-state index contributed by atoms with van der Waals surface area (Å²) in [6, 6.07) is 5.14. The van der Waals surface area contributed by atoms with Gasteiger partial charge in [0.15, 0.2) is 0 Å². The van der Waals surface area contributed by atoms with Gasteiger partial charge in [0.05, 0.1) is 4.90 Å². The zero-order chi connectivity index (χ0) is 16.7. The number of hydrogen-bond acceptors (Lipinski definition) is 3. The number of benzene rings is 1. The fourth-order valence-electron chi connectivity index (χ4n) is 3.85. The second-order valence-electron chi connectivity index (χ2n) is 6.80. The molecule has 0 bridgehead atoms. The number of alkyl halides is 2. The number of nitrogens with zero attached hydrogens (tertiary/aromatic N) is 2. The summed E-state index contributed by atoms with van der Waals surface area (Å²) < 4.78 is 52.7. The van der Waals surface area contributed by atoms with Gasteiger partial charge in [0.2, 0.25) is 10.0 Å². The molecule has 3 rings (SSSR count). The highest BCUT2D eigenvalue weighted by atomic mass is 32.2. The maximum Gasteiger partial charge on any atom is 0.263 e. The summed E-state index contributed by atoms with van der Waals surface area (Å²) >= 11 is 0. The van der Waals surface area contributed by atoms with Crippen LogP contribution in [-0.2, 0) is 10.0 Å². The third kappa shape index (κ3) is 3.27. The Morgan fingerprint density at radius 2 is 1.96 bits per heavy atom. The molecule has 1 atom stereocenters. The molecular weight excluding hydrogens is 322 g/mol. The molecule has 4 nitrogen and oxygen atoms in total. The van der Waals surface area contributed by atoms with E-state index in [2.05, 4.69) is 11.9 Å². The standard InChI is InChI=1S/C16H22F2N2O2S/c1-19-8-3-6-16(11-19)7-9-20(12-16)23(21,22)14-5-2-4-13(10-14)15(17)18/h2,4-5,10,15H,3,6-9,11-12H2,1H3. The Labute approximate surface area is 136 Å². The third-order valence-electron chi connectivity index (χ3n) is 5.00. The summed E-state index contributed by atoms with van der Waals surface area (Å²) in [5.41, 5.74) is -0.238. The highest BCUT2D eigenvalue weighted by molar-refractivity contribution is 7.89.